The lowest BCUT2D eigenvalue weighted by atomic mass is 10.1. The van der Waals surface area contributed by atoms with Crippen molar-refractivity contribution >= 4 is 6.29 Å². The van der Waals surface area contributed by atoms with Gasteiger partial charge >= 0.3 is 0 Å². The molecule has 0 saturated carbocycles. The smallest absolute Gasteiger partial charge is 0.138 e. The summed E-state index contributed by atoms with van der Waals surface area (Å²) in [6.07, 6.45) is 3.63. The molecule has 11 heavy (non-hydrogen) atoms. The number of hydrogen-bond donors (Lipinski definition) is 1. The van der Waals surface area contributed by atoms with Gasteiger partial charge < -0.3 is 10.1 Å². The second kappa shape index (κ2) is 2.91. The molecule has 0 amide bonds. The summed E-state index contributed by atoms with van der Waals surface area (Å²) in [6, 6.07) is 0.801. The van der Waals surface area contributed by atoms with Crippen LogP contribution in [0.3, 0.4) is 0 Å². The van der Waals surface area contributed by atoms with E-state index in [-0.39, 0.29) is 6.04 Å². The first-order valence-corrected chi connectivity index (χ1v) is 4.33. The summed E-state index contributed by atoms with van der Waals surface area (Å²) in [4.78, 5) is 12.9. The van der Waals surface area contributed by atoms with Crippen molar-refractivity contribution in [3.63, 3.8) is 0 Å². The van der Waals surface area contributed by atoms with E-state index in [9.17, 15) is 4.79 Å². The van der Waals surface area contributed by atoms with Gasteiger partial charge in [0.25, 0.3) is 0 Å². The fraction of sp³-hybridized carbons (Fsp3) is 0.875. The highest BCUT2D eigenvalue weighted by atomic mass is 16.1. The minimum absolute atomic E-state index is 0.0874. The summed E-state index contributed by atoms with van der Waals surface area (Å²) in [6.45, 7) is 3.12. The number of nitrogens with one attached hydrogen (secondary N) is 1. The Bertz CT molecular complexity index is 160. The first-order chi connectivity index (χ1) is 5.40. The number of rotatable bonds is 1. The Morgan fingerprint density at radius 3 is 3.27 bits per heavy atom. The standard InChI is InChI=1S/C8H14N2O/c11-6-7-5-10-3-1-2-8(10)4-9-7/h6-9H,1-5H2/t7?,8-/m0/s1. The summed E-state index contributed by atoms with van der Waals surface area (Å²) in [5.74, 6) is 0. The molecular formula is C8H14N2O. The fourth-order valence-corrected chi connectivity index (χ4v) is 2.06. The second-order valence-corrected chi connectivity index (χ2v) is 3.44. The van der Waals surface area contributed by atoms with Gasteiger partial charge in [-0.05, 0) is 19.4 Å². The largest absolute Gasteiger partial charge is 0.305 e. The predicted octanol–water partition coefficient (Wildman–Crippen LogP) is -0.378. The van der Waals surface area contributed by atoms with Gasteiger partial charge in [0.15, 0.2) is 0 Å². The number of aldehydes is 1. The van der Waals surface area contributed by atoms with Crippen molar-refractivity contribution < 1.29 is 4.79 Å². The molecule has 0 aromatic rings. The molecule has 0 spiro atoms. The molecule has 2 heterocycles. The Morgan fingerprint density at radius 2 is 2.45 bits per heavy atom. The lowest BCUT2D eigenvalue weighted by Gasteiger charge is -2.33. The lowest BCUT2D eigenvalue weighted by Crippen LogP contribution is -2.54. The van der Waals surface area contributed by atoms with Crippen molar-refractivity contribution in [1.29, 1.82) is 0 Å². The van der Waals surface area contributed by atoms with Crippen LogP contribution >= 0.6 is 0 Å². The van der Waals surface area contributed by atoms with Gasteiger partial charge in [-0.3, -0.25) is 4.90 Å². The third-order valence-corrected chi connectivity index (χ3v) is 2.71. The van der Waals surface area contributed by atoms with Crippen molar-refractivity contribution in [2.75, 3.05) is 19.6 Å². The normalized spacial score (nSPS) is 38.5. The van der Waals surface area contributed by atoms with Crippen molar-refractivity contribution in [3.05, 3.63) is 0 Å². The van der Waals surface area contributed by atoms with Crippen molar-refractivity contribution in [3.8, 4) is 0 Å². The molecular weight excluding hydrogens is 140 g/mol. The fourth-order valence-electron chi connectivity index (χ4n) is 2.06. The van der Waals surface area contributed by atoms with Crippen molar-refractivity contribution in [2.24, 2.45) is 0 Å². The average Bonchev–Trinajstić information content (AvgIpc) is 2.50. The summed E-state index contributed by atoms with van der Waals surface area (Å²) in [5, 5.41) is 3.23. The second-order valence-electron chi connectivity index (χ2n) is 3.44. The van der Waals surface area contributed by atoms with Crippen LogP contribution in [0.4, 0.5) is 0 Å². The first-order valence-electron chi connectivity index (χ1n) is 4.33. The van der Waals surface area contributed by atoms with Crippen LogP contribution in [0.25, 0.3) is 0 Å². The van der Waals surface area contributed by atoms with Crippen LogP contribution in [0, 0.1) is 0 Å². The Kier molecular flexibility index (Phi) is 1.92. The number of nitrogens with zero attached hydrogens (tertiary/aromatic N) is 1. The van der Waals surface area contributed by atoms with E-state index in [2.05, 4.69) is 10.2 Å². The topological polar surface area (TPSA) is 32.3 Å². The number of piperazine rings is 1. The van der Waals surface area contributed by atoms with Gasteiger partial charge in [-0.1, -0.05) is 0 Å². The van der Waals surface area contributed by atoms with Crippen LogP contribution < -0.4 is 5.32 Å². The van der Waals surface area contributed by atoms with E-state index in [4.69, 9.17) is 0 Å². The quantitative estimate of drug-likeness (QED) is 0.523. The van der Waals surface area contributed by atoms with E-state index in [1.165, 1.54) is 19.4 Å². The third-order valence-electron chi connectivity index (χ3n) is 2.71. The minimum atomic E-state index is 0.0874. The molecule has 2 atom stereocenters. The molecule has 1 unspecified atom stereocenters. The molecule has 0 bridgehead atoms. The predicted molar refractivity (Wildman–Crippen MR) is 42.4 cm³/mol. The van der Waals surface area contributed by atoms with Gasteiger partial charge in [0, 0.05) is 19.1 Å². The van der Waals surface area contributed by atoms with Crippen LogP contribution in [-0.2, 0) is 4.79 Å². The molecule has 2 rings (SSSR count). The van der Waals surface area contributed by atoms with Gasteiger partial charge in [-0.15, -0.1) is 0 Å². The highest BCUT2D eigenvalue weighted by Gasteiger charge is 2.30. The van der Waals surface area contributed by atoms with Crippen LogP contribution in [0.1, 0.15) is 12.8 Å². The summed E-state index contributed by atoms with van der Waals surface area (Å²) < 4.78 is 0. The molecule has 0 aromatic heterocycles. The average molecular weight is 154 g/mol. The zero-order valence-corrected chi connectivity index (χ0v) is 6.62. The van der Waals surface area contributed by atoms with E-state index >= 15 is 0 Å². The number of fused-ring (bicyclic) bond motifs is 1. The molecule has 1 N–H and O–H groups in total. The van der Waals surface area contributed by atoms with Gasteiger partial charge in [-0.25, -0.2) is 0 Å². The zero-order chi connectivity index (χ0) is 7.68. The maximum absolute atomic E-state index is 10.5. The zero-order valence-electron chi connectivity index (χ0n) is 6.62. The highest BCUT2D eigenvalue weighted by Crippen LogP contribution is 2.18. The number of carbonyl (C=O) groups excluding carboxylic acids is 1. The van der Waals surface area contributed by atoms with E-state index in [1.807, 2.05) is 0 Å². The highest BCUT2D eigenvalue weighted by molar-refractivity contribution is 5.58. The molecule has 0 radical (unpaired) electrons. The molecule has 0 aliphatic carbocycles. The summed E-state index contributed by atoms with van der Waals surface area (Å²) in [7, 11) is 0. The SMILES string of the molecule is O=CC1CN2CCC[C@H]2CN1. The van der Waals surface area contributed by atoms with E-state index in [1.54, 1.807) is 0 Å². The van der Waals surface area contributed by atoms with Crippen molar-refractivity contribution in [2.45, 2.75) is 24.9 Å². The number of hydrogen-bond acceptors (Lipinski definition) is 3. The Morgan fingerprint density at radius 1 is 1.55 bits per heavy atom. The van der Waals surface area contributed by atoms with E-state index in [0.717, 1.165) is 19.4 Å². The van der Waals surface area contributed by atoms with Crippen LogP contribution in [0.15, 0.2) is 0 Å². The Hall–Kier alpha value is -0.410. The molecule has 2 aliphatic rings. The molecule has 0 aromatic carbocycles. The van der Waals surface area contributed by atoms with Crippen LogP contribution in [0.2, 0.25) is 0 Å². The maximum atomic E-state index is 10.5. The third kappa shape index (κ3) is 1.30. The molecule has 62 valence electrons. The molecule has 2 saturated heterocycles. The first kappa shape index (κ1) is 7.25. The molecule has 2 fully saturated rings. The van der Waals surface area contributed by atoms with Crippen LogP contribution in [0.5, 0.6) is 0 Å². The molecule has 2 aliphatic heterocycles. The van der Waals surface area contributed by atoms with Gasteiger partial charge in [0.05, 0.1) is 6.04 Å². The number of carbonyl (C=O) groups is 1. The molecule has 3 nitrogen and oxygen atoms in total. The lowest BCUT2D eigenvalue weighted by molar-refractivity contribution is -0.110. The molecule has 3 heteroatoms. The van der Waals surface area contributed by atoms with Gasteiger partial charge in [-0.2, -0.15) is 0 Å². The van der Waals surface area contributed by atoms with Crippen molar-refractivity contribution in [1.82, 2.24) is 10.2 Å². The monoisotopic (exact) mass is 154 g/mol. The summed E-state index contributed by atoms with van der Waals surface area (Å²) >= 11 is 0. The van der Waals surface area contributed by atoms with Crippen LogP contribution in [-0.4, -0.2) is 42.9 Å². The summed E-state index contributed by atoms with van der Waals surface area (Å²) in [5.41, 5.74) is 0. The minimum Gasteiger partial charge on any atom is -0.305 e. The van der Waals surface area contributed by atoms with Gasteiger partial charge in [0.2, 0.25) is 0 Å². The van der Waals surface area contributed by atoms with E-state index in [0.29, 0.717) is 6.04 Å². The maximum Gasteiger partial charge on any atom is 0.138 e. The Balaban J connectivity index is 1.96. The van der Waals surface area contributed by atoms with Gasteiger partial charge in [0.1, 0.15) is 6.29 Å². The van der Waals surface area contributed by atoms with E-state index < -0.39 is 0 Å². The Labute approximate surface area is 66.8 Å².